The van der Waals surface area contributed by atoms with Crippen LogP contribution in [-0.4, -0.2) is 109 Å². The van der Waals surface area contributed by atoms with Gasteiger partial charge in [0.2, 0.25) is 5.91 Å². The minimum Gasteiger partial charge on any atom is -0.495 e. The van der Waals surface area contributed by atoms with Crippen LogP contribution in [0.3, 0.4) is 0 Å². The lowest BCUT2D eigenvalue weighted by Gasteiger charge is -2.35. The normalized spacial score (nSPS) is 26.2. The van der Waals surface area contributed by atoms with E-state index >= 15 is 0 Å². The number of amides is 2. The van der Waals surface area contributed by atoms with E-state index in [4.69, 9.17) is 30.5 Å². The molecule has 5 rings (SSSR count). The summed E-state index contributed by atoms with van der Waals surface area (Å²) in [5.41, 5.74) is 1.46. The summed E-state index contributed by atoms with van der Waals surface area (Å²) in [5.74, 6) is -0.678. The zero-order valence-corrected chi connectivity index (χ0v) is 38.1. The van der Waals surface area contributed by atoms with Crippen molar-refractivity contribution in [3.05, 3.63) is 76.3 Å². The number of hydrogen-bond acceptors (Lipinski definition) is 11. The number of methoxy groups -OCH3 is 1. The molecule has 7 unspecified atom stereocenters. The summed E-state index contributed by atoms with van der Waals surface area (Å²) in [4.78, 5) is 57.8. The van der Waals surface area contributed by atoms with Gasteiger partial charge in [0.25, 0.3) is 0 Å². The predicted octanol–water partition coefficient (Wildman–Crippen LogP) is 6.63. The summed E-state index contributed by atoms with van der Waals surface area (Å²) < 4.78 is 23.0. The summed E-state index contributed by atoms with van der Waals surface area (Å²) in [7, 11) is 1.52. The summed E-state index contributed by atoms with van der Waals surface area (Å²) in [5, 5.41) is 17.4. The van der Waals surface area contributed by atoms with Gasteiger partial charge in [-0.25, -0.2) is 9.59 Å². The van der Waals surface area contributed by atoms with E-state index in [-0.39, 0.29) is 49.2 Å². The van der Waals surface area contributed by atoms with Crippen molar-refractivity contribution in [3.63, 3.8) is 0 Å². The number of carbonyl (C=O) groups is 4. The van der Waals surface area contributed by atoms with E-state index in [0.717, 1.165) is 31.6 Å². The molecule has 7 atom stereocenters. The molecule has 0 bridgehead atoms. The molecule has 0 radical (unpaired) electrons. The number of nitrogens with zero attached hydrogens (tertiary/aromatic N) is 2. The van der Waals surface area contributed by atoms with Crippen LogP contribution in [0.15, 0.2) is 54.6 Å². The van der Waals surface area contributed by atoms with Gasteiger partial charge in [-0.05, 0) is 112 Å². The highest BCUT2D eigenvalue weighted by Gasteiger charge is 2.46. The number of rotatable bonds is 10. The van der Waals surface area contributed by atoms with Crippen molar-refractivity contribution in [2.45, 2.75) is 124 Å². The Labute approximate surface area is 366 Å². The fourth-order valence-corrected chi connectivity index (χ4v) is 8.19. The van der Waals surface area contributed by atoms with Crippen molar-refractivity contribution in [2.24, 2.45) is 23.2 Å². The van der Waals surface area contributed by atoms with Crippen LogP contribution in [0.4, 0.5) is 4.79 Å². The Balaban J connectivity index is 1.28. The quantitative estimate of drug-likeness (QED) is 0.134. The van der Waals surface area contributed by atoms with E-state index in [2.05, 4.69) is 46.7 Å². The maximum Gasteiger partial charge on any atom is 0.410 e. The minimum absolute atomic E-state index is 0.0283. The molecule has 2 amide bonds. The fourth-order valence-electron chi connectivity index (χ4n) is 7.91. The van der Waals surface area contributed by atoms with Crippen LogP contribution in [0.1, 0.15) is 97.3 Å². The lowest BCUT2D eigenvalue weighted by molar-refractivity contribution is -0.179. The first-order valence-corrected chi connectivity index (χ1v) is 22.0. The number of piperazine rings is 1. The van der Waals surface area contributed by atoms with Crippen LogP contribution in [0.5, 0.6) is 5.75 Å². The molecule has 13 nitrogen and oxygen atoms in total. The van der Waals surface area contributed by atoms with Gasteiger partial charge in [0.1, 0.15) is 23.7 Å². The van der Waals surface area contributed by atoms with E-state index in [1.54, 1.807) is 49.1 Å². The standard InChI is InChI=1S/C47H67ClN4O9/c1-29(2)23-40-43(55)59-38(30(3)34-26-35(34)33-16-13-31(14-17-33)27-51-19-21-52(22-20-51)45(57)61-46(4,5)6)11-10-12-41(53)50-37(25-32-15-18-39(58-9)36(48)24-32)42(54)49-28-47(7,8)44(56)60-40/h10,12-18,24,29-30,34-35,37-38,40-41,50,53H,11,19-23,25-28H2,1-9H3,(H,49,54). The minimum atomic E-state index is -1.21. The van der Waals surface area contributed by atoms with Gasteiger partial charge in [-0.3, -0.25) is 19.8 Å². The molecule has 0 aromatic heterocycles. The van der Waals surface area contributed by atoms with Crippen LogP contribution >= 0.6 is 11.6 Å². The summed E-state index contributed by atoms with van der Waals surface area (Å²) in [6.45, 7) is 18.4. The molecule has 3 N–H and O–H groups in total. The molecule has 2 aromatic rings. The van der Waals surface area contributed by atoms with Gasteiger partial charge in [-0.2, -0.15) is 0 Å². The zero-order valence-electron chi connectivity index (χ0n) is 37.4. The third-order valence-corrected chi connectivity index (χ3v) is 12.0. The van der Waals surface area contributed by atoms with Crippen molar-refractivity contribution < 1.29 is 43.2 Å². The number of nitrogens with one attached hydrogen (secondary N) is 2. The Hall–Kier alpha value is -4.17. The Bertz CT molecular complexity index is 1850. The van der Waals surface area contributed by atoms with Crippen LogP contribution < -0.4 is 15.4 Å². The van der Waals surface area contributed by atoms with Crippen LogP contribution in [0.25, 0.3) is 0 Å². The molecule has 14 heteroatoms. The van der Waals surface area contributed by atoms with E-state index in [9.17, 15) is 24.3 Å². The molecular formula is C47H67ClN4O9. The van der Waals surface area contributed by atoms with Crippen molar-refractivity contribution in [3.8, 4) is 5.75 Å². The lowest BCUT2D eigenvalue weighted by atomic mass is 9.92. The van der Waals surface area contributed by atoms with Crippen LogP contribution in [0, 0.1) is 23.2 Å². The van der Waals surface area contributed by atoms with Gasteiger partial charge in [0.15, 0.2) is 6.10 Å². The average Bonchev–Trinajstić information content (AvgIpc) is 3.99. The number of ether oxygens (including phenoxy) is 4. The van der Waals surface area contributed by atoms with Crippen molar-refractivity contribution in [1.82, 2.24) is 20.4 Å². The highest BCUT2D eigenvalue weighted by Crippen LogP contribution is 2.53. The Morgan fingerprint density at radius 1 is 1.00 bits per heavy atom. The van der Waals surface area contributed by atoms with Crippen LogP contribution in [0.2, 0.25) is 5.02 Å². The maximum atomic E-state index is 13.9. The maximum absolute atomic E-state index is 13.9. The highest BCUT2D eigenvalue weighted by atomic mass is 35.5. The van der Waals surface area contributed by atoms with Gasteiger partial charge < -0.3 is 34.3 Å². The molecule has 1 saturated heterocycles. The molecule has 2 heterocycles. The number of halogens is 1. The highest BCUT2D eigenvalue weighted by molar-refractivity contribution is 6.32. The number of hydrogen-bond donors (Lipinski definition) is 3. The topological polar surface area (TPSA) is 156 Å². The Morgan fingerprint density at radius 3 is 2.30 bits per heavy atom. The average molecular weight is 868 g/mol. The van der Waals surface area contributed by atoms with Crippen LogP contribution in [-0.2, 0) is 41.6 Å². The Morgan fingerprint density at radius 2 is 1.67 bits per heavy atom. The molecule has 2 aromatic carbocycles. The van der Waals surface area contributed by atoms with E-state index < -0.39 is 53.3 Å². The number of aliphatic hydroxyl groups is 1. The van der Waals surface area contributed by atoms with E-state index in [1.165, 1.54) is 18.2 Å². The summed E-state index contributed by atoms with van der Waals surface area (Å²) in [6, 6.07) is 13.0. The third-order valence-electron chi connectivity index (χ3n) is 11.7. The molecule has 2 fully saturated rings. The number of benzene rings is 2. The van der Waals surface area contributed by atoms with Gasteiger partial charge in [0.05, 0.1) is 23.6 Å². The predicted molar refractivity (Wildman–Crippen MR) is 234 cm³/mol. The summed E-state index contributed by atoms with van der Waals surface area (Å²) in [6.07, 6.45) is 1.85. The van der Waals surface area contributed by atoms with E-state index in [1.807, 2.05) is 34.6 Å². The van der Waals surface area contributed by atoms with Gasteiger partial charge in [0, 0.05) is 45.7 Å². The number of esters is 2. The Kier molecular flexibility index (Phi) is 16.3. The SMILES string of the molecule is COc1ccc(CC2NC(O)C=CCC(C(C)C3CC3c3ccc(CN4CCN(C(=O)OC(C)(C)C)CC4)cc3)OC(=O)C(CC(C)C)OC(=O)C(C)(C)CNC2=O)cc1Cl. The summed E-state index contributed by atoms with van der Waals surface area (Å²) >= 11 is 6.39. The number of carbonyl (C=O) groups excluding carboxylic acids is 4. The zero-order chi connectivity index (χ0) is 44.6. The first kappa shape index (κ1) is 47.9. The molecule has 336 valence electrons. The number of aliphatic hydroxyl groups excluding tert-OH is 1. The molecule has 3 aliphatic rings. The van der Waals surface area contributed by atoms with Gasteiger partial charge >= 0.3 is 18.0 Å². The second kappa shape index (κ2) is 20.8. The first-order chi connectivity index (χ1) is 28.7. The van der Waals surface area contributed by atoms with Crippen molar-refractivity contribution in [2.75, 3.05) is 39.8 Å². The molecule has 61 heavy (non-hydrogen) atoms. The smallest absolute Gasteiger partial charge is 0.410 e. The van der Waals surface area contributed by atoms with Crippen molar-refractivity contribution >= 4 is 35.5 Å². The molecule has 1 aliphatic carbocycles. The molecule has 1 saturated carbocycles. The second-order valence-corrected chi connectivity index (χ2v) is 19.4. The first-order valence-electron chi connectivity index (χ1n) is 21.6. The molecule has 0 spiro atoms. The van der Waals surface area contributed by atoms with Gasteiger partial charge in [-0.15, -0.1) is 0 Å². The molecule has 2 aliphatic heterocycles. The lowest BCUT2D eigenvalue weighted by Crippen LogP contribution is -2.52. The second-order valence-electron chi connectivity index (χ2n) is 19.0. The molecular weight excluding hydrogens is 800 g/mol. The van der Waals surface area contributed by atoms with E-state index in [0.29, 0.717) is 30.3 Å². The van der Waals surface area contributed by atoms with Crippen molar-refractivity contribution in [1.29, 1.82) is 0 Å². The third kappa shape index (κ3) is 13.9. The number of cyclic esters (lactones) is 2. The fraction of sp³-hybridized carbons (Fsp3) is 0.617. The van der Waals surface area contributed by atoms with Gasteiger partial charge in [-0.1, -0.05) is 68.8 Å². The monoisotopic (exact) mass is 866 g/mol. The largest absolute Gasteiger partial charge is 0.495 e.